The lowest BCUT2D eigenvalue weighted by atomic mass is 10.0. The van der Waals surface area contributed by atoms with E-state index in [1.54, 1.807) is 0 Å². The van der Waals surface area contributed by atoms with Gasteiger partial charge in [0.25, 0.3) is 0 Å². The minimum absolute atomic E-state index is 0.0508. The van der Waals surface area contributed by atoms with Gasteiger partial charge in [0.2, 0.25) is 0 Å². The number of carbonyl (C=O) groups is 2. The van der Waals surface area contributed by atoms with Gasteiger partial charge >= 0.3 is 12.0 Å². The lowest BCUT2D eigenvalue weighted by molar-refractivity contribution is -0.145. The summed E-state index contributed by atoms with van der Waals surface area (Å²) >= 11 is 0.560. The van der Waals surface area contributed by atoms with E-state index in [0.717, 1.165) is 5.56 Å². The number of esters is 1. The molecular weight excluding hydrogens is 312 g/mol. The number of thioether (sulfide) groups is 1. The molecule has 0 aliphatic carbocycles. The van der Waals surface area contributed by atoms with Gasteiger partial charge < -0.3 is 15.4 Å². The second-order valence-corrected chi connectivity index (χ2v) is 6.21. The van der Waals surface area contributed by atoms with E-state index in [0.29, 0.717) is 24.6 Å². The number of ether oxygens (including phenoxy) is 1. The van der Waals surface area contributed by atoms with Crippen molar-refractivity contribution >= 4 is 23.8 Å². The Bertz CT molecular complexity index is 770. The Balaban J connectivity index is 1.52. The largest absolute Gasteiger partial charge is 0.461 e. The second kappa shape index (κ2) is 7.73. The molecule has 2 saturated heterocycles. The highest BCUT2D eigenvalue weighted by Crippen LogP contribution is 2.33. The summed E-state index contributed by atoms with van der Waals surface area (Å²) in [4.78, 5) is 23.5. The summed E-state index contributed by atoms with van der Waals surface area (Å²) in [7, 11) is 0. The SMILES string of the molecule is [2H]C1([2H])S[C@@]([2H])(CCCCC(=O)OCc2ccccc2)[C@@]2([2H])NC(=O)N[C@@]12[2H]. The molecule has 124 valence electrons. The van der Waals surface area contributed by atoms with E-state index >= 15 is 0 Å². The van der Waals surface area contributed by atoms with Gasteiger partial charge in [0, 0.05) is 21.5 Å². The van der Waals surface area contributed by atoms with Gasteiger partial charge in [-0.3, -0.25) is 4.79 Å². The summed E-state index contributed by atoms with van der Waals surface area (Å²) in [5.74, 6) is -0.372. The van der Waals surface area contributed by atoms with Gasteiger partial charge in [0.05, 0.1) is 14.8 Å². The van der Waals surface area contributed by atoms with Crippen LogP contribution in [-0.4, -0.2) is 35.0 Å². The van der Waals surface area contributed by atoms with E-state index in [2.05, 4.69) is 10.6 Å². The van der Waals surface area contributed by atoms with Crippen LogP contribution in [0, 0.1) is 0 Å². The van der Waals surface area contributed by atoms with Crippen LogP contribution >= 0.6 is 11.8 Å². The summed E-state index contributed by atoms with van der Waals surface area (Å²) in [6.45, 7) is 0.188. The third kappa shape index (κ3) is 4.41. The van der Waals surface area contributed by atoms with Crippen LogP contribution in [0.4, 0.5) is 4.79 Å². The molecule has 0 aromatic heterocycles. The van der Waals surface area contributed by atoms with E-state index in [1.165, 1.54) is 0 Å². The summed E-state index contributed by atoms with van der Waals surface area (Å²) in [5, 5.41) is 2.66. The maximum Gasteiger partial charge on any atom is 0.315 e. The van der Waals surface area contributed by atoms with Crippen LogP contribution in [0.15, 0.2) is 30.3 Å². The molecule has 0 saturated carbocycles. The highest BCUT2D eigenvalue weighted by Gasteiger charge is 2.42. The standard InChI is InChI=1S/C17H22N2O3S/c20-15(22-10-12-6-2-1-3-7-12)9-5-4-8-14-16-13(11-23-14)18-17(21)19-16/h1-3,6-7,13-14,16H,4-5,8-11H2,(H2,18,19,21)/t13-,14-,16-/m0/s1/i11D2,13D,14D,16D. The predicted molar refractivity (Wildman–Crippen MR) is 90.2 cm³/mol. The summed E-state index contributed by atoms with van der Waals surface area (Å²) in [6, 6.07) is 4.06. The quantitative estimate of drug-likeness (QED) is 0.455. The highest BCUT2D eigenvalue weighted by molar-refractivity contribution is 8.00. The monoisotopic (exact) mass is 339 g/mol. The summed E-state index contributed by atoms with van der Waals surface area (Å²) in [5.41, 5.74) is -1.41. The van der Waals surface area contributed by atoms with Crippen LogP contribution in [0.3, 0.4) is 0 Å². The van der Waals surface area contributed by atoms with Gasteiger partial charge in [-0.1, -0.05) is 36.8 Å². The number of benzene rings is 1. The van der Waals surface area contributed by atoms with Crippen LogP contribution in [0.5, 0.6) is 0 Å². The molecule has 2 N–H and O–H groups in total. The third-order valence-electron chi connectivity index (χ3n) is 3.56. The van der Waals surface area contributed by atoms with Crippen LogP contribution in [0.2, 0.25) is 0 Å². The van der Waals surface area contributed by atoms with Crippen molar-refractivity contribution in [1.82, 2.24) is 10.6 Å². The molecule has 5 nitrogen and oxygen atoms in total. The zero-order valence-electron chi connectivity index (χ0n) is 17.6. The Morgan fingerprint density at radius 2 is 2.17 bits per heavy atom. The molecular formula is C17H22N2O3S. The van der Waals surface area contributed by atoms with Crippen molar-refractivity contribution in [3.8, 4) is 0 Å². The number of carbonyl (C=O) groups excluding carboxylic acids is 2. The molecule has 1 aromatic carbocycles. The van der Waals surface area contributed by atoms with E-state index in [4.69, 9.17) is 11.6 Å². The van der Waals surface area contributed by atoms with Crippen molar-refractivity contribution in [2.75, 3.05) is 5.70 Å². The molecule has 23 heavy (non-hydrogen) atoms. The van der Waals surface area contributed by atoms with Crippen LogP contribution in [-0.2, 0) is 16.1 Å². The second-order valence-electron chi connectivity index (χ2n) is 5.31. The number of unbranched alkanes of at least 4 members (excludes halogenated alkanes) is 1. The number of nitrogens with one attached hydrogen (secondary N) is 2. The molecule has 1 aromatic rings. The third-order valence-corrected chi connectivity index (χ3v) is 4.52. The first-order valence-corrected chi connectivity index (χ1v) is 8.35. The van der Waals surface area contributed by atoms with E-state index in [1.807, 2.05) is 30.3 Å². The molecule has 3 atom stereocenters. The van der Waals surface area contributed by atoms with Crippen molar-refractivity contribution in [3.63, 3.8) is 0 Å². The Labute approximate surface area is 147 Å². The minimum Gasteiger partial charge on any atom is -0.461 e. The number of hydrogen-bond donors (Lipinski definition) is 2. The Morgan fingerprint density at radius 1 is 1.35 bits per heavy atom. The first-order valence-electron chi connectivity index (χ1n) is 10.0. The first-order chi connectivity index (χ1) is 13.0. The maximum atomic E-state index is 11.9. The van der Waals surface area contributed by atoms with Gasteiger partial charge in [-0.05, 0) is 18.4 Å². The highest BCUT2D eigenvalue weighted by atomic mass is 32.2. The van der Waals surface area contributed by atoms with Crippen molar-refractivity contribution in [1.29, 1.82) is 0 Å². The van der Waals surface area contributed by atoms with Crippen molar-refractivity contribution < 1.29 is 21.2 Å². The summed E-state index contributed by atoms with van der Waals surface area (Å²) in [6.07, 6.45) is 0.956. The van der Waals surface area contributed by atoms with Gasteiger partial charge in [-0.25, -0.2) is 4.79 Å². The molecule has 2 aliphatic rings. The minimum atomic E-state index is -2.30. The van der Waals surface area contributed by atoms with Crippen LogP contribution in [0.25, 0.3) is 0 Å². The Kier molecular flexibility index (Phi) is 3.68. The number of amides is 2. The fraction of sp³-hybridized carbons (Fsp3) is 0.529. The van der Waals surface area contributed by atoms with Gasteiger partial charge in [-0.15, -0.1) is 0 Å². The number of fused-ring (bicyclic) bond motifs is 1. The molecule has 2 heterocycles. The molecule has 0 bridgehead atoms. The van der Waals surface area contributed by atoms with Gasteiger partial charge in [0.1, 0.15) is 6.61 Å². The Hall–Kier alpha value is -1.69. The maximum absolute atomic E-state index is 11.9. The Morgan fingerprint density at radius 3 is 3.00 bits per heavy atom. The average molecular weight is 339 g/mol. The molecule has 0 spiro atoms. The number of hydrogen-bond acceptors (Lipinski definition) is 4. The molecule has 0 unspecified atom stereocenters. The molecule has 2 amide bonds. The number of urea groups is 1. The lowest BCUT2D eigenvalue weighted by Gasteiger charge is -2.16. The van der Waals surface area contributed by atoms with E-state index < -0.39 is 29.0 Å². The lowest BCUT2D eigenvalue weighted by Crippen LogP contribution is -2.36. The molecule has 0 radical (unpaired) electrons. The first kappa shape index (κ1) is 11.0. The van der Waals surface area contributed by atoms with E-state index in [-0.39, 0.29) is 25.4 Å². The van der Waals surface area contributed by atoms with Crippen molar-refractivity contribution in [2.45, 2.75) is 49.6 Å². The average Bonchev–Trinajstić information content (AvgIpc) is 2.94. The smallest absolute Gasteiger partial charge is 0.315 e. The topological polar surface area (TPSA) is 67.4 Å². The van der Waals surface area contributed by atoms with E-state index in [9.17, 15) is 9.59 Å². The number of rotatable bonds is 7. The fourth-order valence-corrected chi connectivity index (χ4v) is 3.25. The van der Waals surface area contributed by atoms with Crippen LogP contribution in [0.1, 0.15) is 38.1 Å². The fourth-order valence-electron chi connectivity index (χ4n) is 2.37. The van der Waals surface area contributed by atoms with Crippen LogP contribution < -0.4 is 10.6 Å². The molecule has 2 aliphatic heterocycles. The van der Waals surface area contributed by atoms with Crippen molar-refractivity contribution in [3.05, 3.63) is 35.9 Å². The predicted octanol–water partition coefficient (Wildman–Crippen LogP) is 2.46. The molecule has 6 heteroatoms. The van der Waals surface area contributed by atoms with Crippen molar-refractivity contribution in [2.24, 2.45) is 0 Å². The van der Waals surface area contributed by atoms with Gasteiger partial charge in [0.15, 0.2) is 0 Å². The molecule has 3 rings (SSSR count). The summed E-state index contributed by atoms with van der Waals surface area (Å²) < 4.78 is 46.7. The zero-order valence-corrected chi connectivity index (χ0v) is 13.4. The normalized spacial score (nSPS) is 40.5. The zero-order chi connectivity index (χ0) is 20.6. The van der Waals surface area contributed by atoms with Gasteiger partial charge in [-0.2, -0.15) is 11.8 Å². The molecule has 2 fully saturated rings.